The molecule has 74 valence electrons. The van der Waals surface area contributed by atoms with E-state index in [9.17, 15) is 4.79 Å². The zero-order valence-corrected chi connectivity index (χ0v) is 8.11. The van der Waals surface area contributed by atoms with Gasteiger partial charge in [-0.2, -0.15) is 4.98 Å². The summed E-state index contributed by atoms with van der Waals surface area (Å²) in [7, 11) is 0. The molecule has 0 unspecified atom stereocenters. The summed E-state index contributed by atoms with van der Waals surface area (Å²) < 4.78 is 0. The maximum Gasteiger partial charge on any atom is 0.222 e. The molecule has 2 rings (SSSR count). The van der Waals surface area contributed by atoms with E-state index in [4.69, 9.17) is 17.3 Å². The Morgan fingerprint density at radius 3 is 3.00 bits per heavy atom. The minimum Gasteiger partial charge on any atom is -0.368 e. The van der Waals surface area contributed by atoms with Crippen LogP contribution in [0.15, 0.2) is 6.20 Å². The molecule has 0 saturated carbocycles. The minimum absolute atomic E-state index is 0.0854. The summed E-state index contributed by atoms with van der Waals surface area (Å²) in [5.74, 6) is 0.887. The van der Waals surface area contributed by atoms with E-state index in [1.54, 1.807) is 0 Å². The molecule has 6 heteroatoms. The van der Waals surface area contributed by atoms with E-state index in [2.05, 4.69) is 9.97 Å². The largest absolute Gasteiger partial charge is 0.368 e. The molecule has 0 radical (unpaired) electrons. The van der Waals surface area contributed by atoms with Gasteiger partial charge in [0.1, 0.15) is 11.3 Å². The lowest BCUT2D eigenvalue weighted by atomic mass is 10.0. The summed E-state index contributed by atoms with van der Waals surface area (Å²) in [6.07, 6.45) is 2.41. The lowest BCUT2D eigenvalue weighted by Gasteiger charge is -2.37. The zero-order valence-electron chi connectivity index (χ0n) is 7.35. The van der Waals surface area contributed by atoms with E-state index in [0.29, 0.717) is 23.9 Å². The lowest BCUT2D eigenvalue weighted by Crippen LogP contribution is -2.48. The molecular weight excluding hydrogens is 204 g/mol. The summed E-state index contributed by atoms with van der Waals surface area (Å²) in [6.45, 7) is 1.30. The molecule has 14 heavy (non-hydrogen) atoms. The van der Waals surface area contributed by atoms with Crippen molar-refractivity contribution in [2.45, 2.75) is 0 Å². The van der Waals surface area contributed by atoms with Gasteiger partial charge in [-0.3, -0.25) is 0 Å². The van der Waals surface area contributed by atoms with Gasteiger partial charge in [0.25, 0.3) is 0 Å². The highest BCUT2D eigenvalue weighted by Crippen LogP contribution is 2.28. The molecular formula is C8H9ClN4O. The van der Waals surface area contributed by atoms with Crippen molar-refractivity contribution in [1.82, 2.24) is 9.97 Å². The van der Waals surface area contributed by atoms with Crippen molar-refractivity contribution in [2.75, 3.05) is 23.7 Å². The van der Waals surface area contributed by atoms with Crippen LogP contribution in [0.5, 0.6) is 0 Å². The number of carbonyl (C=O) groups excluding carboxylic acids is 1. The molecule has 1 aliphatic rings. The molecule has 0 bridgehead atoms. The Hall–Kier alpha value is -1.36. The first-order valence-electron chi connectivity index (χ1n) is 4.19. The summed E-state index contributed by atoms with van der Waals surface area (Å²) in [5, 5.41) is 0.462. The van der Waals surface area contributed by atoms with Gasteiger partial charge in [0, 0.05) is 19.0 Å². The monoisotopic (exact) mass is 212 g/mol. The van der Waals surface area contributed by atoms with Gasteiger partial charge in [0.2, 0.25) is 5.95 Å². The minimum atomic E-state index is 0.0854. The van der Waals surface area contributed by atoms with Crippen LogP contribution in [0.1, 0.15) is 0 Å². The number of hydrogen-bond acceptors (Lipinski definition) is 5. The summed E-state index contributed by atoms with van der Waals surface area (Å²) in [4.78, 5) is 20.1. The molecule has 5 nitrogen and oxygen atoms in total. The smallest absolute Gasteiger partial charge is 0.222 e. The molecule has 2 N–H and O–H groups in total. The van der Waals surface area contributed by atoms with Gasteiger partial charge in [0.15, 0.2) is 5.82 Å². The van der Waals surface area contributed by atoms with Crippen LogP contribution in [0, 0.1) is 5.92 Å². The molecule has 1 saturated heterocycles. The first-order valence-corrected chi connectivity index (χ1v) is 4.56. The molecule has 1 aliphatic heterocycles. The number of nitrogens with zero attached hydrogens (tertiary/aromatic N) is 3. The second kappa shape index (κ2) is 3.42. The molecule has 0 atom stereocenters. The predicted molar refractivity (Wildman–Crippen MR) is 53.2 cm³/mol. The highest BCUT2D eigenvalue weighted by molar-refractivity contribution is 6.32. The summed E-state index contributed by atoms with van der Waals surface area (Å²) in [5.41, 5.74) is 5.43. The van der Waals surface area contributed by atoms with Gasteiger partial charge < -0.3 is 15.4 Å². The molecule has 0 aromatic carbocycles. The van der Waals surface area contributed by atoms with Crippen molar-refractivity contribution < 1.29 is 4.79 Å². The van der Waals surface area contributed by atoms with Crippen LogP contribution in [0.3, 0.4) is 0 Å². The van der Waals surface area contributed by atoms with Crippen molar-refractivity contribution in [1.29, 1.82) is 0 Å². The van der Waals surface area contributed by atoms with Crippen molar-refractivity contribution in [3.63, 3.8) is 0 Å². The normalized spacial score (nSPS) is 16.5. The number of hydrogen-bond donors (Lipinski definition) is 1. The maximum atomic E-state index is 10.4. The Labute approximate surface area is 85.9 Å². The highest BCUT2D eigenvalue weighted by atomic mass is 35.5. The Kier molecular flexibility index (Phi) is 2.25. The topological polar surface area (TPSA) is 72.1 Å². The fraction of sp³-hybridized carbons (Fsp3) is 0.375. The third kappa shape index (κ3) is 1.50. The number of carbonyl (C=O) groups is 1. The van der Waals surface area contributed by atoms with Crippen molar-refractivity contribution in [3.8, 4) is 0 Å². The first-order chi connectivity index (χ1) is 6.70. The summed E-state index contributed by atoms with van der Waals surface area (Å²) >= 11 is 5.88. The number of nitrogens with two attached hydrogens (primary N) is 1. The third-order valence-corrected chi connectivity index (χ3v) is 2.41. The molecule has 1 fully saturated rings. The Morgan fingerprint density at radius 1 is 1.64 bits per heavy atom. The molecule has 2 heterocycles. The van der Waals surface area contributed by atoms with E-state index < -0.39 is 0 Å². The zero-order chi connectivity index (χ0) is 10.1. The van der Waals surface area contributed by atoms with Crippen LogP contribution in [-0.4, -0.2) is 29.3 Å². The van der Waals surface area contributed by atoms with Crippen molar-refractivity contribution in [2.24, 2.45) is 5.92 Å². The number of nitrogen functional groups attached to an aromatic ring is 1. The number of aromatic nitrogens is 2. The Balaban J connectivity index is 2.17. The van der Waals surface area contributed by atoms with E-state index in [-0.39, 0.29) is 11.9 Å². The van der Waals surface area contributed by atoms with Crippen LogP contribution in [0.25, 0.3) is 0 Å². The van der Waals surface area contributed by atoms with Crippen molar-refractivity contribution >= 4 is 29.7 Å². The van der Waals surface area contributed by atoms with E-state index in [1.807, 2.05) is 4.90 Å². The highest BCUT2D eigenvalue weighted by Gasteiger charge is 2.28. The van der Waals surface area contributed by atoms with Gasteiger partial charge in [-0.15, -0.1) is 0 Å². The van der Waals surface area contributed by atoms with Crippen LogP contribution in [0.2, 0.25) is 5.02 Å². The average molecular weight is 213 g/mol. The van der Waals surface area contributed by atoms with E-state index in [1.165, 1.54) is 6.20 Å². The van der Waals surface area contributed by atoms with Gasteiger partial charge in [-0.05, 0) is 0 Å². The Morgan fingerprint density at radius 2 is 2.36 bits per heavy atom. The SMILES string of the molecule is Nc1ncc(Cl)c(N2CC(C=O)C2)n1. The Bertz CT molecular complexity index is 364. The quantitative estimate of drug-likeness (QED) is 0.717. The van der Waals surface area contributed by atoms with Gasteiger partial charge >= 0.3 is 0 Å². The van der Waals surface area contributed by atoms with Crippen LogP contribution >= 0.6 is 11.6 Å². The number of anilines is 2. The van der Waals surface area contributed by atoms with Gasteiger partial charge in [-0.25, -0.2) is 4.98 Å². The lowest BCUT2D eigenvalue weighted by molar-refractivity contribution is -0.111. The second-order valence-electron chi connectivity index (χ2n) is 3.20. The van der Waals surface area contributed by atoms with Crippen molar-refractivity contribution in [3.05, 3.63) is 11.2 Å². The van der Waals surface area contributed by atoms with E-state index in [0.717, 1.165) is 6.29 Å². The number of rotatable bonds is 2. The molecule has 0 spiro atoms. The fourth-order valence-electron chi connectivity index (χ4n) is 1.36. The summed E-state index contributed by atoms with van der Waals surface area (Å²) in [6, 6.07) is 0. The second-order valence-corrected chi connectivity index (χ2v) is 3.61. The van der Waals surface area contributed by atoms with Gasteiger partial charge in [0.05, 0.1) is 6.20 Å². The van der Waals surface area contributed by atoms with Crippen LogP contribution in [-0.2, 0) is 4.79 Å². The average Bonchev–Trinajstić information content (AvgIpc) is 2.09. The van der Waals surface area contributed by atoms with E-state index >= 15 is 0 Å². The number of aldehydes is 1. The van der Waals surface area contributed by atoms with Crippen LogP contribution < -0.4 is 10.6 Å². The first kappa shape index (κ1) is 9.21. The molecule has 0 amide bonds. The molecule has 0 aliphatic carbocycles. The number of halogens is 1. The fourth-order valence-corrected chi connectivity index (χ4v) is 1.58. The molecule has 1 aromatic rings. The van der Waals surface area contributed by atoms with Gasteiger partial charge in [-0.1, -0.05) is 11.6 Å². The maximum absolute atomic E-state index is 10.4. The third-order valence-electron chi connectivity index (χ3n) is 2.15. The standard InChI is InChI=1S/C8H9ClN4O/c9-6-1-11-8(10)12-7(6)13-2-5(3-13)4-14/h1,4-5H,2-3H2,(H2,10,11,12). The van der Waals surface area contributed by atoms with Crippen LogP contribution in [0.4, 0.5) is 11.8 Å². The molecule has 1 aromatic heterocycles. The predicted octanol–water partition coefficient (Wildman–Crippen LogP) is 0.347.